The van der Waals surface area contributed by atoms with E-state index in [0.29, 0.717) is 11.3 Å². The lowest BCUT2D eigenvalue weighted by molar-refractivity contribution is 0.0695. The summed E-state index contributed by atoms with van der Waals surface area (Å²) in [7, 11) is 0. The summed E-state index contributed by atoms with van der Waals surface area (Å²) < 4.78 is 4.93. The fourth-order valence-electron chi connectivity index (χ4n) is 1.25. The van der Waals surface area contributed by atoms with Crippen LogP contribution in [0.4, 0.5) is 0 Å². The zero-order valence-electron chi connectivity index (χ0n) is 7.48. The molecule has 0 aliphatic heterocycles. The molecule has 0 amide bonds. The van der Waals surface area contributed by atoms with Crippen molar-refractivity contribution in [3.8, 4) is 11.3 Å². The molecule has 2 rings (SSSR count). The zero-order chi connectivity index (χ0) is 10.8. The second-order valence-electron chi connectivity index (χ2n) is 2.85. The first-order valence-corrected chi connectivity index (χ1v) is 4.93. The Balaban J connectivity index is 2.59. The van der Waals surface area contributed by atoms with Gasteiger partial charge < -0.3 is 9.63 Å². The summed E-state index contributed by atoms with van der Waals surface area (Å²) in [6.45, 7) is 0. The molecule has 5 heteroatoms. The molecule has 0 atom stereocenters. The van der Waals surface area contributed by atoms with Gasteiger partial charge in [0.25, 0.3) is 0 Å². The number of carboxylic acid groups (broad SMARTS) is 1. The fraction of sp³-hybridized carbons (Fsp3) is 0. The minimum Gasteiger partial charge on any atom is -0.477 e. The van der Waals surface area contributed by atoms with Gasteiger partial charge in [0.1, 0.15) is 11.3 Å². The third-order valence-corrected chi connectivity index (χ3v) is 2.45. The van der Waals surface area contributed by atoms with Crippen molar-refractivity contribution < 1.29 is 14.4 Å². The first kappa shape index (κ1) is 9.92. The summed E-state index contributed by atoms with van der Waals surface area (Å²) in [5.41, 5.74) is 1.08. The molecule has 1 aromatic carbocycles. The van der Waals surface area contributed by atoms with Crippen LogP contribution in [0.15, 0.2) is 39.5 Å². The van der Waals surface area contributed by atoms with Crippen LogP contribution in [0, 0.1) is 0 Å². The molecule has 2 aromatic rings. The van der Waals surface area contributed by atoms with E-state index in [1.165, 1.54) is 0 Å². The smallest absolute Gasteiger partial charge is 0.342 e. The number of hydrogen-bond acceptors (Lipinski definition) is 3. The normalized spacial score (nSPS) is 10.2. The van der Waals surface area contributed by atoms with Crippen molar-refractivity contribution in [2.45, 2.75) is 0 Å². The Morgan fingerprint density at radius 2 is 2.00 bits per heavy atom. The SMILES string of the molecule is O=C(O)c1c(-c2ccccc2)noc1Br. The van der Waals surface area contributed by atoms with E-state index in [1.54, 1.807) is 12.1 Å². The molecule has 0 unspecified atom stereocenters. The van der Waals surface area contributed by atoms with Gasteiger partial charge in [0.2, 0.25) is 4.67 Å². The van der Waals surface area contributed by atoms with Crippen LogP contribution in [0.2, 0.25) is 0 Å². The predicted molar refractivity (Wildman–Crippen MR) is 56.6 cm³/mol. The summed E-state index contributed by atoms with van der Waals surface area (Å²) in [4.78, 5) is 10.9. The zero-order valence-corrected chi connectivity index (χ0v) is 9.06. The van der Waals surface area contributed by atoms with E-state index in [-0.39, 0.29) is 10.2 Å². The van der Waals surface area contributed by atoms with Crippen molar-refractivity contribution in [2.75, 3.05) is 0 Å². The lowest BCUT2D eigenvalue weighted by atomic mass is 10.1. The van der Waals surface area contributed by atoms with Gasteiger partial charge in [-0.25, -0.2) is 4.79 Å². The van der Waals surface area contributed by atoms with E-state index in [2.05, 4.69) is 21.1 Å². The molecule has 15 heavy (non-hydrogen) atoms. The number of carbonyl (C=O) groups is 1. The van der Waals surface area contributed by atoms with Crippen LogP contribution in [0.25, 0.3) is 11.3 Å². The van der Waals surface area contributed by atoms with Gasteiger partial charge in [-0.3, -0.25) is 0 Å². The van der Waals surface area contributed by atoms with E-state index >= 15 is 0 Å². The number of nitrogens with zero attached hydrogens (tertiary/aromatic N) is 1. The quantitative estimate of drug-likeness (QED) is 0.909. The molecule has 0 aliphatic carbocycles. The third kappa shape index (κ3) is 1.78. The molecule has 0 radical (unpaired) electrons. The second kappa shape index (κ2) is 3.86. The van der Waals surface area contributed by atoms with E-state index in [1.807, 2.05) is 18.2 Å². The average molecular weight is 268 g/mol. The number of aromatic nitrogens is 1. The highest BCUT2D eigenvalue weighted by atomic mass is 79.9. The Labute approximate surface area is 93.6 Å². The largest absolute Gasteiger partial charge is 0.477 e. The number of carboxylic acids is 1. The molecule has 0 fully saturated rings. The Morgan fingerprint density at radius 1 is 1.33 bits per heavy atom. The molecular formula is C10H6BrNO3. The minimum atomic E-state index is -1.07. The third-order valence-electron chi connectivity index (χ3n) is 1.91. The molecule has 4 nitrogen and oxygen atoms in total. The number of rotatable bonds is 2. The summed E-state index contributed by atoms with van der Waals surface area (Å²) in [5.74, 6) is -1.07. The van der Waals surface area contributed by atoms with Gasteiger partial charge in [0.05, 0.1) is 0 Å². The number of benzene rings is 1. The van der Waals surface area contributed by atoms with Crippen LogP contribution in [0.5, 0.6) is 0 Å². The first-order chi connectivity index (χ1) is 7.20. The lowest BCUT2D eigenvalue weighted by Gasteiger charge is -1.96. The van der Waals surface area contributed by atoms with E-state index in [9.17, 15) is 4.79 Å². The number of halogens is 1. The molecule has 0 aliphatic rings. The summed E-state index contributed by atoms with van der Waals surface area (Å²) in [5, 5.41) is 12.7. The molecule has 1 aromatic heterocycles. The van der Waals surface area contributed by atoms with Gasteiger partial charge >= 0.3 is 5.97 Å². The standard InChI is InChI=1S/C10H6BrNO3/c11-9-7(10(13)14)8(12-15-9)6-4-2-1-3-5-6/h1-5H,(H,13,14). The van der Waals surface area contributed by atoms with Crippen molar-refractivity contribution in [3.05, 3.63) is 40.6 Å². The molecule has 0 saturated carbocycles. The van der Waals surface area contributed by atoms with Crippen LogP contribution >= 0.6 is 15.9 Å². The molecule has 1 N–H and O–H groups in total. The van der Waals surface area contributed by atoms with Gasteiger partial charge in [-0.15, -0.1) is 0 Å². The molecule has 76 valence electrons. The minimum absolute atomic E-state index is 0.0428. The number of hydrogen-bond donors (Lipinski definition) is 1. The van der Waals surface area contributed by atoms with Crippen molar-refractivity contribution >= 4 is 21.9 Å². The Hall–Kier alpha value is -1.62. The highest BCUT2D eigenvalue weighted by Crippen LogP contribution is 2.28. The van der Waals surface area contributed by atoms with Crippen molar-refractivity contribution in [3.63, 3.8) is 0 Å². The molecule has 0 bridgehead atoms. The van der Waals surface area contributed by atoms with Crippen LogP contribution in [0.3, 0.4) is 0 Å². The lowest BCUT2D eigenvalue weighted by Crippen LogP contribution is -1.97. The monoisotopic (exact) mass is 267 g/mol. The van der Waals surface area contributed by atoms with E-state index in [0.717, 1.165) is 0 Å². The van der Waals surface area contributed by atoms with E-state index < -0.39 is 5.97 Å². The Bertz CT molecular complexity index is 493. The fourth-order valence-corrected chi connectivity index (χ4v) is 1.68. The highest BCUT2D eigenvalue weighted by molar-refractivity contribution is 9.10. The van der Waals surface area contributed by atoms with Gasteiger partial charge in [-0.05, 0) is 15.9 Å². The highest BCUT2D eigenvalue weighted by Gasteiger charge is 2.21. The van der Waals surface area contributed by atoms with Gasteiger partial charge in [-0.2, -0.15) is 0 Å². The van der Waals surface area contributed by atoms with Crippen molar-refractivity contribution in [2.24, 2.45) is 0 Å². The number of aromatic carboxylic acids is 1. The van der Waals surface area contributed by atoms with E-state index in [4.69, 9.17) is 9.63 Å². The van der Waals surface area contributed by atoms with Crippen LogP contribution in [-0.4, -0.2) is 16.2 Å². The molecular weight excluding hydrogens is 262 g/mol. The maximum absolute atomic E-state index is 10.9. The predicted octanol–water partition coefficient (Wildman–Crippen LogP) is 2.80. The maximum atomic E-state index is 10.9. The van der Waals surface area contributed by atoms with Crippen LogP contribution in [0.1, 0.15) is 10.4 Å². The van der Waals surface area contributed by atoms with Gasteiger partial charge in [-0.1, -0.05) is 35.5 Å². The Kier molecular flexibility index (Phi) is 2.55. The molecule has 0 spiro atoms. The molecule has 1 heterocycles. The molecule has 0 saturated heterocycles. The average Bonchev–Trinajstić information content (AvgIpc) is 2.61. The second-order valence-corrected chi connectivity index (χ2v) is 3.57. The summed E-state index contributed by atoms with van der Waals surface area (Å²) in [6.07, 6.45) is 0. The van der Waals surface area contributed by atoms with Gasteiger partial charge in [0, 0.05) is 5.56 Å². The maximum Gasteiger partial charge on any atom is 0.342 e. The van der Waals surface area contributed by atoms with Crippen molar-refractivity contribution in [1.82, 2.24) is 5.16 Å². The van der Waals surface area contributed by atoms with Crippen LogP contribution in [-0.2, 0) is 0 Å². The summed E-state index contributed by atoms with van der Waals surface area (Å²) >= 11 is 3.00. The van der Waals surface area contributed by atoms with Crippen LogP contribution < -0.4 is 0 Å². The summed E-state index contributed by atoms with van der Waals surface area (Å²) in [6, 6.07) is 9.01. The Morgan fingerprint density at radius 3 is 2.60 bits per heavy atom. The topological polar surface area (TPSA) is 63.3 Å². The van der Waals surface area contributed by atoms with Crippen molar-refractivity contribution in [1.29, 1.82) is 0 Å². The van der Waals surface area contributed by atoms with Gasteiger partial charge in [0.15, 0.2) is 0 Å². The first-order valence-electron chi connectivity index (χ1n) is 4.14.